The second-order valence-corrected chi connectivity index (χ2v) is 3.64. The van der Waals surface area contributed by atoms with E-state index in [4.69, 9.17) is 9.52 Å². The summed E-state index contributed by atoms with van der Waals surface area (Å²) in [5.74, 6) is -0.900. The minimum absolute atomic E-state index is 0.127. The fourth-order valence-electron chi connectivity index (χ4n) is 1.68. The Morgan fingerprint density at radius 3 is 3.00 bits per heavy atom. The lowest BCUT2D eigenvalue weighted by Crippen LogP contribution is -2.47. The molecule has 1 heterocycles. The molecule has 0 saturated heterocycles. The maximum atomic E-state index is 10.7. The van der Waals surface area contributed by atoms with E-state index in [0.29, 0.717) is 6.54 Å². The zero-order valence-electron chi connectivity index (χ0n) is 7.77. The van der Waals surface area contributed by atoms with Gasteiger partial charge in [-0.15, -0.1) is 0 Å². The fourth-order valence-corrected chi connectivity index (χ4v) is 1.68. The van der Waals surface area contributed by atoms with E-state index in [1.165, 1.54) is 0 Å². The van der Waals surface area contributed by atoms with Crippen LogP contribution in [0.1, 0.15) is 18.4 Å². The van der Waals surface area contributed by atoms with Gasteiger partial charge in [0.2, 0.25) is 0 Å². The Morgan fingerprint density at radius 2 is 2.50 bits per heavy atom. The number of hydrogen-bond donors (Lipinski definition) is 2. The van der Waals surface area contributed by atoms with Gasteiger partial charge in [-0.05, 0) is 18.9 Å². The molecule has 1 aliphatic rings. The Bertz CT molecular complexity index is 307. The average Bonchev–Trinajstić information content (AvgIpc) is 2.53. The highest BCUT2D eigenvalue weighted by atomic mass is 16.4. The Kier molecular flexibility index (Phi) is 2.54. The third kappa shape index (κ3) is 1.80. The van der Waals surface area contributed by atoms with Crippen LogP contribution in [0.5, 0.6) is 0 Å². The number of rotatable bonds is 4. The number of aliphatic carboxylic acids is 1. The summed E-state index contributed by atoms with van der Waals surface area (Å²) in [7, 11) is 0. The average molecular weight is 195 g/mol. The van der Waals surface area contributed by atoms with Gasteiger partial charge in [0.1, 0.15) is 0 Å². The molecule has 1 aliphatic carbocycles. The van der Waals surface area contributed by atoms with Gasteiger partial charge in [-0.25, -0.2) is 0 Å². The van der Waals surface area contributed by atoms with Gasteiger partial charge in [-0.3, -0.25) is 4.79 Å². The van der Waals surface area contributed by atoms with Crippen LogP contribution in [0.4, 0.5) is 0 Å². The first kappa shape index (κ1) is 9.27. The second-order valence-electron chi connectivity index (χ2n) is 3.64. The summed E-state index contributed by atoms with van der Waals surface area (Å²) in [5.41, 5.74) is 1.06. The maximum Gasteiger partial charge on any atom is 0.308 e. The first-order chi connectivity index (χ1) is 6.77. The molecule has 0 spiro atoms. The van der Waals surface area contributed by atoms with Gasteiger partial charge in [0.15, 0.2) is 0 Å². The summed E-state index contributed by atoms with van der Waals surface area (Å²) in [4.78, 5) is 10.7. The molecule has 4 heteroatoms. The molecule has 1 aromatic heterocycles. The van der Waals surface area contributed by atoms with E-state index in [-0.39, 0.29) is 12.0 Å². The van der Waals surface area contributed by atoms with Crippen molar-refractivity contribution in [1.29, 1.82) is 0 Å². The fraction of sp³-hybridized carbons (Fsp3) is 0.500. The molecule has 0 aliphatic heterocycles. The molecule has 0 bridgehead atoms. The molecule has 2 unspecified atom stereocenters. The summed E-state index contributed by atoms with van der Waals surface area (Å²) in [6.07, 6.45) is 5.03. The zero-order chi connectivity index (χ0) is 9.97. The zero-order valence-corrected chi connectivity index (χ0v) is 7.77. The molecule has 1 fully saturated rings. The van der Waals surface area contributed by atoms with Crippen LogP contribution < -0.4 is 5.32 Å². The van der Waals surface area contributed by atoms with E-state index >= 15 is 0 Å². The molecule has 76 valence electrons. The first-order valence-electron chi connectivity index (χ1n) is 4.74. The molecule has 2 atom stereocenters. The van der Waals surface area contributed by atoms with Crippen LogP contribution in [0.25, 0.3) is 0 Å². The normalized spacial score (nSPS) is 25.7. The van der Waals surface area contributed by atoms with Crippen LogP contribution in [-0.2, 0) is 11.3 Å². The van der Waals surface area contributed by atoms with Gasteiger partial charge < -0.3 is 14.8 Å². The van der Waals surface area contributed by atoms with E-state index in [2.05, 4.69) is 5.32 Å². The number of nitrogens with one attached hydrogen (secondary N) is 1. The summed E-state index contributed by atoms with van der Waals surface area (Å²) < 4.78 is 4.92. The van der Waals surface area contributed by atoms with Crippen molar-refractivity contribution in [2.45, 2.75) is 25.4 Å². The highest BCUT2D eigenvalue weighted by Crippen LogP contribution is 2.27. The maximum absolute atomic E-state index is 10.7. The third-order valence-electron chi connectivity index (χ3n) is 2.74. The molecule has 2 N–H and O–H groups in total. The Labute approximate surface area is 81.9 Å². The minimum atomic E-state index is -0.694. The van der Waals surface area contributed by atoms with Gasteiger partial charge in [0, 0.05) is 18.2 Å². The molecule has 0 radical (unpaired) electrons. The highest BCUT2D eigenvalue weighted by Gasteiger charge is 2.35. The lowest BCUT2D eigenvalue weighted by Gasteiger charge is -2.34. The molecule has 2 rings (SSSR count). The summed E-state index contributed by atoms with van der Waals surface area (Å²) in [6.45, 7) is 0.685. The van der Waals surface area contributed by atoms with Gasteiger partial charge in [0.25, 0.3) is 0 Å². The van der Waals surface area contributed by atoms with Gasteiger partial charge in [-0.2, -0.15) is 0 Å². The van der Waals surface area contributed by atoms with Crippen molar-refractivity contribution < 1.29 is 14.3 Å². The van der Waals surface area contributed by atoms with Crippen LogP contribution in [0.3, 0.4) is 0 Å². The van der Waals surface area contributed by atoms with E-state index in [1.54, 1.807) is 12.5 Å². The second kappa shape index (κ2) is 3.84. The van der Waals surface area contributed by atoms with Crippen LogP contribution in [0.15, 0.2) is 23.0 Å². The number of furan rings is 1. The highest BCUT2D eigenvalue weighted by molar-refractivity contribution is 5.72. The minimum Gasteiger partial charge on any atom is -0.481 e. The first-order valence-corrected chi connectivity index (χ1v) is 4.74. The molecule has 14 heavy (non-hydrogen) atoms. The van der Waals surface area contributed by atoms with E-state index in [9.17, 15) is 4.79 Å². The molecule has 0 aromatic carbocycles. The number of carboxylic acids is 1. The number of carboxylic acid groups (broad SMARTS) is 1. The Morgan fingerprint density at radius 1 is 1.64 bits per heavy atom. The SMILES string of the molecule is O=C(O)C1CCC1NCc1ccoc1. The molecule has 1 saturated carbocycles. The molecular formula is C10H13NO3. The number of hydrogen-bond acceptors (Lipinski definition) is 3. The predicted molar refractivity (Wildman–Crippen MR) is 49.7 cm³/mol. The van der Waals surface area contributed by atoms with Gasteiger partial charge >= 0.3 is 5.97 Å². The largest absolute Gasteiger partial charge is 0.481 e. The van der Waals surface area contributed by atoms with Crippen LogP contribution in [0.2, 0.25) is 0 Å². The van der Waals surface area contributed by atoms with Crippen molar-refractivity contribution in [2.75, 3.05) is 0 Å². The van der Waals surface area contributed by atoms with Crippen LogP contribution >= 0.6 is 0 Å². The lowest BCUT2D eigenvalue weighted by atomic mass is 9.79. The molecule has 0 amide bonds. The van der Waals surface area contributed by atoms with E-state index < -0.39 is 5.97 Å². The lowest BCUT2D eigenvalue weighted by molar-refractivity contribution is -0.146. The van der Waals surface area contributed by atoms with Crippen molar-refractivity contribution in [3.63, 3.8) is 0 Å². The summed E-state index contributed by atoms with van der Waals surface area (Å²) in [6, 6.07) is 2.00. The van der Waals surface area contributed by atoms with Crippen molar-refractivity contribution in [1.82, 2.24) is 5.32 Å². The summed E-state index contributed by atoms with van der Waals surface area (Å²) in [5, 5.41) is 12.0. The third-order valence-corrected chi connectivity index (χ3v) is 2.74. The van der Waals surface area contributed by atoms with Crippen molar-refractivity contribution in [3.8, 4) is 0 Å². The molecule has 1 aromatic rings. The van der Waals surface area contributed by atoms with Crippen molar-refractivity contribution >= 4 is 5.97 Å². The topological polar surface area (TPSA) is 62.5 Å². The van der Waals surface area contributed by atoms with E-state index in [0.717, 1.165) is 18.4 Å². The predicted octanol–water partition coefficient (Wildman–Crippen LogP) is 1.23. The van der Waals surface area contributed by atoms with E-state index in [1.807, 2.05) is 6.07 Å². The number of carbonyl (C=O) groups is 1. The van der Waals surface area contributed by atoms with Crippen LogP contribution in [-0.4, -0.2) is 17.1 Å². The van der Waals surface area contributed by atoms with Crippen molar-refractivity contribution in [3.05, 3.63) is 24.2 Å². The van der Waals surface area contributed by atoms with Gasteiger partial charge in [0.05, 0.1) is 18.4 Å². The smallest absolute Gasteiger partial charge is 0.308 e. The summed E-state index contributed by atoms with van der Waals surface area (Å²) >= 11 is 0. The molecular weight excluding hydrogens is 182 g/mol. The Hall–Kier alpha value is -1.29. The van der Waals surface area contributed by atoms with Gasteiger partial charge in [-0.1, -0.05) is 0 Å². The monoisotopic (exact) mass is 195 g/mol. The molecule has 4 nitrogen and oxygen atoms in total. The Balaban J connectivity index is 1.79. The van der Waals surface area contributed by atoms with Crippen LogP contribution in [0, 0.1) is 5.92 Å². The quantitative estimate of drug-likeness (QED) is 0.758. The standard InChI is InChI=1S/C10H13NO3/c12-10(13)8-1-2-9(8)11-5-7-3-4-14-6-7/h3-4,6,8-9,11H,1-2,5H2,(H,12,13). The van der Waals surface area contributed by atoms with Crippen molar-refractivity contribution in [2.24, 2.45) is 5.92 Å².